The third kappa shape index (κ3) is 4.69. The zero-order chi connectivity index (χ0) is 17.7. The van der Waals surface area contributed by atoms with Gasteiger partial charge in [0.05, 0.1) is 6.04 Å². The Bertz CT molecular complexity index is 736. The van der Waals surface area contributed by atoms with E-state index in [0.29, 0.717) is 12.1 Å². The van der Waals surface area contributed by atoms with Crippen LogP contribution in [0.25, 0.3) is 0 Å². The van der Waals surface area contributed by atoms with Crippen LogP contribution < -0.4 is 10.6 Å². The molecule has 1 atom stereocenters. The molecule has 2 N–H and O–H groups in total. The van der Waals surface area contributed by atoms with Crippen LogP contribution in [0.15, 0.2) is 42.5 Å². The van der Waals surface area contributed by atoms with Crippen molar-refractivity contribution in [2.24, 2.45) is 0 Å². The maximum Gasteiger partial charge on any atom is 0.251 e. The molecule has 0 radical (unpaired) electrons. The van der Waals surface area contributed by atoms with Gasteiger partial charge in [-0.15, -0.1) is 0 Å². The van der Waals surface area contributed by atoms with E-state index in [-0.39, 0.29) is 17.9 Å². The fraction of sp³-hybridized carbons (Fsp3) is 0.300. The van der Waals surface area contributed by atoms with Crippen molar-refractivity contribution in [2.75, 3.05) is 0 Å². The smallest absolute Gasteiger partial charge is 0.251 e. The maximum atomic E-state index is 12.4. The highest BCUT2D eigenvalue weighted by Gasteiger charge is 2.13. The van der Waals surface area contributed by atoms with Gasteiger partial charge in [-0.25, -0.2) is 0 Å². The molecule has 2 amide bonds. The molecule has 0 heterocycles. The molecular weight excluding hydrogens is 300 g/mol. The van der Waals surface area contributed by atoms with E-state index < -0.39 is 0 Å². The zero-order valence-corrected chi connectivity index (χ0v) is 14.6. The Morgan fingerprint density at radius 3 is 2.33 bits per heavy atom. The molecule has 0 aliphatic rings. The summed E-state index contributed by atoms with van der Waals surface area (Å²) in [6.07, 6.45) is 0. The molecular formula is C20H24N2O2. The maximum absolute atomic E-state index is 12.4. The van der Waals surface area contributed by atoms with E-state index in [4.69, 9.17) is 0 Å². The second-order valence-electron chi connectivity index (χ2n) is 6.16. The summed E-state index contributed by atoms with van der Waals surface area (Å²) in [6, 6.07) is 13.5. The molecule has 0 saturated heterocycles. The summed E-state index contributed by atoms with van der Waals surface area (Å²) < 4.78 is 0. The van der Waals surface area contributed by atoms with Crippen molar-refractivity contribution < 1.29 is 9.59 Å². The Kier molecular flexibility index (Phi) is 5.74. The van der Waals surface area contributed by atoms with Crippen molar-refractivity contribution in [1.29, 1.82) is 0 Å². The number of rotatable bonds is 5. The topological polar surface area (TPSA) is 58.2 Å². The van der Waals surface area contributed by atoms with Gasteiger partial charge in [0.1, 0.15) is 0 Å². The fourth-order valence-corrected chi connectivity index (χ4v) is 2.58. The Morgan fingerprint density at radius 1 is 1.04 bits per heavy atom. The third-order valence-corrected chi connectivity index (χ3v) is 4.01. The van der Waals surface area contributed by atoms with Crippen LogP contribution in [-0.4, -0.2) is 11.8 Å². The van der Waals surface area contributed by atoms with Crippen LogP contribution in [0.2, 0.25) is 0 Å². The first-order chi connectivity index (χ1) is 11.4. The van der Waals surface area contributed by atoms with Gasteiger partial charge in [-0.1, -0.05) is 35.9 Å². The quantitative estimate of drug-likeness (QED) is 0.885. The van der Waals surface area contributed by atoms with Crippen LogP contribution >= 0.6 is 0 Å². The molecule has 4 heteroatoms. The minimum atomic E-state index is -0.102. The molecule has 4 nitrogen and oxygen atoms in total. The van der Waals surface area contributed by atoms with E-state index >= 15 is 0 Å². The Balaban J connectivity index is 2.03. The van der Waals surface area contributed by atoms with Gasteiger partial charge in [0.15, 0.2) is 0 Å². The lowest BCUT2D eigenvalue weighted by molar-refractivity contribution is -0.119. The zero-order valence-electron chi connectivity index (χ0n) is 14.6. The molecule has 0 spiro atoms. The molecule has 0 bridgehead atoms. The highest BCUT2D eigenvalue weighted by atomic mass is 16.2. The van der Waals surface area contributed by atoms with Crippen molar-refractivity contribution >= 4 is 11.8 Å². The number of carbonyl (C=O) groups is 2. The monoisotopic (exact) mass is 324 g/mol. The summed E-state index contributed by atoms with van der Waals surface area (Å²) in [4.78, 5) is 23.3. The van der Waals surface area contributed by atoms with Crippen LogP contribution in [0.3, 0.4) is 0 Å². The van der Waals surface area contributed by atoms with Crippen LogP contribution in [0.4, 0.5) is 0 Å². The summed E-state index contributed by atoms with van der Waals surface area (Å²) in [5, 5.41) is 5.78. The Labute approximate surface area is 143 Å². The molecule has 2 aromatic rings. The van der Waals surface area contributed by atoms with Gasteiger partial charge >= 0.3 is 0 Å². The normalized spacial score (nSPS) is 11.7. The van der Waals surface area contributed by atoms with Crippen LogP contribution in [-0.2, 0) is 11.3 Å². The Morgan fingerprint density at radius 2 is 1.71 bits per heavy atom. The van der Waals surface area contributed by atoms with E-state index in [1.165, 1.54) is 18.1 Å². The standard InChI is InChI=1S/C20H24N2O2/c1-13-5-6-14(2)19(11-13)15(3)22-20(24)18-9-7-17(8-10-18)12-21-16(4)23/h5-11,15H,12H2,1-4H3,(H,21,23)(H,22,24)/t15-/m1/s1. The van der Waals surface area contributed by atoms with Gasteiger partial charge in [0.2, 0.25) is 5.91 Å². The molecule has 0 aliphatic carbocycles. The summed E-state index contributed by atoms with van der Waals surface area (Å²) in [6.45, 7) is 8.04. The third-order valence-electron chi connectivity index (χ3n) is 4.01. The van der Waals surface area contributed by atoms with E-state index in [9.17, 15) is 9.59 Å². The van der Waals surface area contributed by atoms with E-state index in [2.05, 4.69) is 28.8 Å². The SMILES string of the molecule is CC(=O)NCc1ccc(C(=O)N[C@H](C)c2cc(C)ccc2C)cc1. The fourth-order valence-electron chi connectivity index (χ4n) is 2.58. The lowest BCUT2D eigenvalue weighted by Crippen LogP contribution is -2.27. The molecule has 126 valence electrons. The molecule has 0 aromatic heterocycles. The molecule has 2 rings (SSSR count). The lowest BCUT2D eigenvalue weighted by atomic mass is 9.99. The largest absolute Gasteiger partial charge is 0.352 e. The average Bonchev–Trinajstić information content (AvgIpc) is 2.55. The number of hydrogen-bond donors (Lipinski definition) is 2. The molecule has 0 unspecified atom stereocenters. The highest BCUT2D eigenvalue weighted by Crippen LogP contribution is 2.19. The van der Waals surface area contributed by atoms with Crippen molar-refractivity contribution in [3.63, 3.8) is 0 Å². The number of nitrogens with one attached hydrogen (secondary N) is 2. The molecule has 0 fully saturated rings. The predicted octanol–water partition coefficient (Wildman–Crippen LogP) is 3.43. The van der Waals surface area contributed by atoms with Gasteiger partial charge in [0.25, 0.3) is 5.91 Å². The van der Waals surface area contributed by atoms with Crippen molar-refractivity contribution in [3.05, 3.63) is 70.3 Å². The molecule has 0 aliphatic heterocycles. The first-order valence-electron chi connectivity index (χ1n) is 8.08. The van der Waals surface area contributed by atoms with Crippen LogP contribution in [0, 0.1) is 13.8 Å². The van der Waals surface area contributed by atoms with Gasteiger partial charge in [0, 0.05) is 19.0 Å². The minimum Gasteiger partial charge on any atom is -0.352 e. The van der Waals surface area contributed by atoms with Crippen molar-refractivity contribution in [1.82, 2.24) is 10.6 Å². The molecule has 2 aromatic carbocycles. The number of amides is 2. The second-order valence-corrected chi connectivity index (χ2v) is 6.16. The first kappa shape index (κ1) is 17.7. The van der Waals surface area contributed by atoms with Gasteiger partial charge < -0.3 is 10.6 Å². The highest BCUT2D eigenvalue weighted by molar-refractivity contribution is 5.94. The summed E-state index contributed by atoms with van der Waals surface area (Å²) >= 11 is 0. The van der Waals surface area contributed by atoms with Gasteiger partial charge in [-0.05, 0) is 49.6 Å². The average molecular weight is 324 g/mol. The van der Waals surface area contributed by atoms with E-state index in [1.807, 2.05) is 32.9 Å². The summed E-state index contributed by atoms with van der Waals surface area (Å²) in [7, 11) is 0. The van der Waals surface area contributed by atoms with Crippen LogP contribution in [0.1, 0.15) is 52.5 Å². The van der Waals surface area contributed by atoms with E-state index in [0.717, 1.165) is 11.1 Å². The first-order valence-corrected chi connectivity index (χ1v) is 8.08. The lowest BCUT2D eigenvalue weighted by Gasteiger charge is -2.17. The van der Waals surface area contributed by atoms with Crippen molar-refractivity contribution in [3.8, 4) is 0 Å². The number of benzene rings is 2. The minimum absolute atomic E-state index is 0.0588. The number of carbonyl (C=O) groups excluding carboxylic acids is 2. The Hall–Kier alpha value is -2.62. The van der Waals surface area contributed by atoms with E-state index in [1.54, 1.807) is 12.1 Å². The van der Waals surface area contributed by atoms with Crippen LogP contribution in [0.5, 0.6) is 0 Å². The number of aryl methyl sites for hydroxylation is 2. The summed E-state index contributed by atoms with van der Waals surface area (Å²) in [5.41, 5.74) is 5.05. The van der Waals surface area contributed by atoms with Gasteiger partial charge in [-0.2, -0.15) is 0 Å². The second kappa shape index (κ2) is 7.77. The molecule has 0 saturated carbocycles. The van der Waals surface area contributed by atoms with Crippen molar-refractivity contribution in [2.45, 2.75) is 40.3 Å². The molecule has 24 heavy (non-hydrogen) atoms. The number of hydrogen-bond acceptors (Lipinski definition) is 2. The predicted molar refractivity (Wildman–Crippen MR) is 95.8 cm³/mol. The summed E-state index contributed by atoms with van der Waals surface area (Å²) in [5.74, 6) is -0.173. The van der Waals surface area contributed by atoms with Gasteiger partial charge in [-0.3, -0.25) is 9.59 Å².